The Morgan fingerprint density at radius 2 is 1.91 bits per heavy atom. The lowest BCUT2D eigenvalue weighted by atomic mass is 10.1. The van der Waals surface area contributed by atoms with E-state index in [0.29, 0.717) is 24.7 Å². The predicted molar refractivity (Wildman–Crippen MR) is 88.2 cm³/mol. The van der Waals surface area contributed by atoms with Crippen molar-refractivity contribution in [1.29, 1.82) is 0 Å². The van der Waals surface area contributed by atoms with Gasteiger partial charge < -0.3 is 9.80 Å². The maximum atomic E-state index is 12.2. The summed E-state index contributed by atoms with van der Waals surface area (Å²) in [6.07, 6.45) is 2.42. The normalized spacial score (nSPS) is 15.1. The second-order valence-corrected chi connectivity index (χ2v) is 5.97. The largest absolute Gasteiger partial charge is 0.350 e. The third kappa shape index (κ3) is 3.56. The van der Waals surface area contributed by atoms with E-state index in [0.717, 1.165) is 36.2 Å². The highest BCUT2D eigenvalue weighted by Gasteiger charge is 2.24. The number of rotatable bonds is 4. The van der Waals surface area contributed by atoms with Gasteiger partial charge in [0.1, 0.15) is 0 Å². The Kier molecular flexibility index (Phi) is 4.90. The van der Waals surface area contributed by atoms with Gasteiger partial charge in [-0.3, -0.25) is 4.79 Å². The molecule has 0 bridgehead atoms. The van der Waals surface area contributed by atoms with Gasteiger partial charge in [0.15, 0.2) is 11.0 Å². The van der Waals surface area contributed by atoms with Gasteiger partial charge in [-0.15, -0.1) is 0 Å². The van der Waals surface area contributed by atoms with Crippen LogP contribution in [0.2, 0.25) is 5.15 Å². The van der Waals surface area contributed by atoms with E-state index >= 15 is 0 Å². The Bertz CT molecular complexity index is 625. The molecule has 1 amide bonds. The number of amides is 1. The van der Waals surface area contributed by atoms with Gasteiger partial charge in [-0.05, 0) is 12.0 Å². The highest BCUT2D eigenvalue weighted by atomic mass is 35.5. The molecule has 2 heterocycles. The van der Waals surface area contributed by atoms with Gasteiger partial charge in [0.2, 0.25) is 5.91 Å². The molecule has 0 unspecified atom stereocenters. The fraction of sp³-hybridized carbons (Fsp3) is 0.333. The Hall–Kier alpha value is -1.66. The first-order valence-electron chi connectivity index (χ1n) is 7.13. The van der Waals surface area contributed by atoms with Gasteiger partial charge >= 0.3 is 0 Å². The zero-order valence-electron chi connectivity index (χ0n) is 12.0. The van der Waals surface area contributed by atoms with Crippen molar-refractivity contribution >= 4 is 35.1 Å². The summed E-state index contributed by atoms with van der Waals surface area (Å²) in [6, 6.07) is 10.00. The van der Waals surface area contributed by atoms with Crippen molar-refractivity contribution in [3.05, 3.63) is 47.5 Å². The van der Waals surface area contributed by atoms with Crippen molar-refractivity contribution in [2.24, 2.45) is 0 Å². The first-order chi connectivity index (χ1) is 10.7. The minimum absolute atomic E-state index is 0.0889. The summed E-state index contributed by atoms with van der Waals surface area (Å²) < 4.78 is 8.18. The fourth-order valence-electron chi connectivity index (χ4n) is 2.45. The molecule has 1 saturated heterocycles. The Labute approximate surface area is 138 Å². The van der Waals surface area contributed by atoms with E-state index in [1.165, 1.54) is 0 Å². The van der Waals surface area contributed by atoms with Gasteiger partial charge in [0, 0.05) is 26.2 Å². The van der Waals surface area contributed by atoms with Crippen molar-refractivity contribution in [2.75, 3.05) is 31.1 Å². The van der Waals surface area contributed by atoms with Crippen molar-refractivity contribution in [3.8, 4) is 0 Å². The molecule has 0 saturated carbocycles. The fourth-order valence-corrected chi connectivity index (χ4v) is 3.23. The average Bonchev–Trinajstić information content (AvgIpc) is 3.00. The molecule has 0 N–H and O–H groups in total. The molecule has 1 fully saturated rings. The van der Waals surface area contributed by atoms with E-state index < -0.39 is 0 Å². The van der Waals surface area contributed by atoms with E-state index in [9.17, 15) is 4.79 Å². The van der Waals surface area contributed by atoms with Crippen LogP contribution in [0.1, 0.15) is 5.56 Å². The molecule has 5 nitrogen and oxygen atoms in total. The van der Waals surface area contributed by atoms with E-state index in [2.05, 4.69) is 13.6 Å². The number of nitrogens with zero attached hydrogens (tertiary/aromatic N) is 4. The molecule has 2 aromatic rings. The number of piperazine rings is 1. The Morgan fingerprint density at radius 1 is 1.18 bits per heavy atom. The molecule has 3 rings (SSSR count). The topological polar surface area (TPSA) is 49.3 Å². The second-order valence-electron chi connectivity index (χ2n) is 5.08. The van der Waals surface area contributed by atoms with Crippen LogP contribution in [0.5, 0.6) is 0 Å². The van der Waals surface area contributed by atoms with Gasteiger partial charge in [-0.1, -0.05) is 41.9 Å². The van der Waals surface area contributed by atoms with Crippen molar-refractivity contribution < 1.29 is 4.79 Å². The van der Waals surface area contributed by atoms with E-state index in [1.54, 1.807) is 6.42 Å². The van der Waals surface area contributed by atoms with Crippen molar-refractivity contribution in [3.63, 3.8) is 0 Å². The Balaban J connectivity index is 1.49. The number of carbonyl (C=O) groups excluding carboxylic acids is 1. The lowest BCUT2D eigenvalue weighted by Crippen LogP contribution is -2.49. The maximum Gasteiger partial charge on any atom is 0.226 e. The predicted octanol–water partition coefficient (Wildman–Crippen LogP) is 2.29. The third-order valence-electron chi connectivity index (χ3n) is 3.68. The molecular formula is C15H16ClN4OS. The number of hydrogen-bond acceptors (Lipinski definition) is 5. The summed E-state index contributed by atoms with van der Waals surface area (Å²) in [6.45, 7) is 2.82. The van der Waals surface area contributed by atoms with Gasteiger partial charge in [0.25, 0.3) is 0 Å². The molecular weight excluding hydrogens is 320 g/mol. The number of carbonyl (C=O) groups is 1. The highest BCUT2D eigenvalue weighted by molar-refractivity contribution is 6.99. The molecule has 0 spiro atoms. The molecule has 1 aromatic carbocycles. The second kappa shape index (κ2) is 7.07. The van der Waals surface area contributed by atoms with Crippen LogP contribution < -0.4 is 4.90 Å². The van der Waals surface area contributed by atoms with Crippen LogP contribution in [0, 0.1) is 6.42 Å². The minimum Gasteiger partial charge on any atom is -0.350 e. The summed E-state index contributed by atoms with van der Waals surface area (Å²) in [5, 5.41) is 0.445. The molecule has 22 heavy (non-hydrogen) atoms. The van der Waals surface area contributed by atoms with Crippen LogP contribution in [0.3, 0.4) is 0 Å². The number of aromatic nitrogens is 2. The lowest BCUT2D eigenvalue weighted by Gasteiger charge is -2.34. The molecule has 1 aliphatic heterocycles. The first kappa shape index (κ1) is 15.2. The quantitative estimate of drug-likeness (QED) is 0.860. The first-order valence-corrected chi connectivity index (χ1v) is 8.24. The van der Waals surface area contributed by atoms with E-state index in [4.69, 9.17) is 11.6 Å². The maximum absolute atomic E-state index is 12.2. The number of anilines is 1. The summed E-state index contributed by atoms with van der Waals surface area (Å²) in [4.78, 5) is 16.2. The van der Waals surface area contributed by atoms with E-state index in [1.807, 2.05) is 35.2 Å². The van der Waals surface area contributed by atoms with Crippen LogP contribution in [-0.2, 0) is 11.2 Å². The van der Waals surface area contributed by atoms with Gasteiger partial charge in [-0.25, -0.2) is 0 Å². The summed E-state index contributed by atoms with van der Waals surface area (Å²) in [5.41, 5.74) is 1.15. The molecule has 0 aliphatic carbocycles. The molecule has 0 atom stereocenters. The Morgan fingerprint density at radius 3 is 2.55 bits per heavy atom. The van der Waals surface area contributed by atoms with Gasteiger partial charge in [0.05, 0.1) is 18.1 Å². The summed E-state index contributed by atoms with van der Waals surface area (Å²) in [7, 11) is 0. The summed E-state index contributed by atoms with van der Waals surface area (Å²) in [5.74, 6) is 0.818. The molecule has 1 aliphatic rings. The standard InChI is InChI=1S/C15H16ClN4OS/c16-14-15(18-22-17-14)20-10-8-19(9-11-20)13(21)7-6-12-4-2-1-3-5-12/h1-5,7H,6,8-11H2. The average molecular weight is 336 g/mol. The zero-order valence-corrected chi connectivity index (χ0v) is 13.6. The van der Waals surface area contributed by atoms with E-state index in [-0.39, 0.29) is 5.91 Å². The number of benzene rings is 1. The lowest BCUT2D eigenvalue weighted by molar-refractivity contribution is -0.127. The SMILES string of the molecule is O=C([CH]Cc1ccccc1)N1CCN(c2nsnc2Cl)CC1. The monoisotopic (exact) mass is 335 g/mol. The van der Waals surface area contributed by atoms with Crippen molar-refractivity contribution in [2.45, 2.75) is 6.42 Å². The van der Waals surface area contributed by atoms with Crippen molar-refractivity contribution in [1.82, 2.24) is 13.6 Å². The molecule has 115 valence electrons. The van der Waals surface area contributed by atoms with Gasteiger partial charge in [-0.2, -0.15) is 8.75 Å². The number of halogens is 1. The minimum atomic E-state index is 0.0889. The van der Waals surface area contributed by atoms with Crippen LogP contribution in [0.4, 0.5) is 5.82 Å². The molecule has 1 radical (unpaired) electrons. The highest BCUT2D eigenvalue weighted by Crippen LogP contribution is 2.23. The molecule has 7 heteroatoms. The molecule has 1 aromatic heterocycles. The van der Waals surface area contributed by atoms with Crippen LogP contribution in [-0.4, -0.2) is 45.7 Å². The van der Waals surface area contributed by atoms with Crippen LogP contribution >= 0.6 is 23.3 Å². The number of hydrogen-bond donors (Lipinski definition) is 0. The summed E-state index contributed by atoms with van der Waals surface area (Å²) >= 11 is 7.11. The third-order valence-corrected chi connectivity index (χ3v) is 4.55. The zero-order chi connectivity index (χ0) is 15.4. The smallest absolute Gasteiger partial charge is 0.226 e. The van der Waals surface area contributed by atoms with Crippen LogP contribution in [0.25, 0.3) is 0 Å². The van der Waals surface area contributed by atoms with Crippen LogP contribution in [0.15, 0.2) is 30.3 Å².